The van der Waals surface area contributed by atoms with Crippen molar-refractivity contribution in [3.63, 3.8) is 0 Å². The molecule has 2 aromatic carbocycles. The van der Waals surface area contributed by atoms with Crippen molar-refractivity contribution in [2.24, 2.45) is 0 Å². The van der Waals surface area contributed by atoms with Crippen LogP contribution in [-0.4, -0.2) is 7.05 Å². The SMILES string of the molecule is CNC(Cc1ccc(Cl)cc1Cl)c1ccc(F)cc1I. The van der Waals surface area contributed by atoms with E-state index in [0.717, 1.165) is 14.7 Å². The van der Waals surface area contributed by atoms with Crippen molar-refractivity contribution >= 4 is 45.8 Å². The number of hydrogen-bond donors (Lipinski definition) is 1. The van der Waals surface area contributed by atoms with E-state index in [1.165, 1.54) is 12.1 Å². The van der Waals surface area contributed by atoms with Crippen LogP contribution in [0.4, 0.5) is 4.39 Å². The fourth-order valence-corrected chi connectivity index (χ4v) is 3.40. The van der Waals surface area contributed by atoms with Crippen LogP contribution in [0.15, 0.2) is 36.4 Å². The van der Waals surface area contributed by atoms with Crippen LogP contribution >= 0.6 is 45.8 Å². The van der Waals surface area contributed by atoms with E-state index >= 15 is 0 Å². The van der Waals surface area contributed by atoms with E-state index in [1.54, 1.807) is 6.07 Å². The lowest BCUT2D eigenvalue weighted by molar-refractivity contribution is 0.582. The Morgan fingerprint density at radius 1 is 1.20 bits per heavy atom. The molecule has 1 unspecified atom stereocenters. The van der Waals surface area contributed by atoms with Gasteiger partial charge in [-0.05, 0) is 71.5 Å². The normalized spacial score (nSPS) is 12.4. The summed E-state index contributed by atoms with van der Waals surface area (Å²) in [4.78, 5) is 0. The van der Waals surface area contributed by atoms with Crippen LogP contribution in [0.2, 0.25) is 10.0 Å². The highest BCUT2D eigenvalue weighted by molar-refractivity contribution is 14.1. The van der Waals surface area contributed by atoms with Gasteiger partial charge in [0, 0.05) is 19.7 Å². The first-order valence-corrected chi connectivity index (χ1v) is 7.91. The molecule has 0 fully saturated rings. The van der Waals surface area contributed by atoms with Crippen LogP contribution in [0.25, 0.3) is 0 Å². The van der Waals surface area contributed by atoms with Gasteiger partial charge < -0.3 is 5.32 Å². The molecule has 0 bridgehead atoms. The van der Waals surface area contributed by atoms with Crippen molar-refractivity contribution < 1.29 is 4.39 Å². The molecule has 0 heterocycles. The van der Waals surface area contributed by atoms with Gasteiger partial charge in [-0.3, -0.25) is 0 Å². The Hall–Kier alpha value is -0.360. The average Bonchev–Trinajstić information content (AvgIpc) is 2.39. The Morgan fingerprint density at radius 3 is 2.55 bits per heavy atom. The molecule has 1 nitrogen and oxygen atoms in total. The summed E-state index contributed by atoms with van der Waals surface area (Å²) in [6, 6.07) is 10.4. The van der Waals surface area contributed by atoms with Gasteiger partial charge in [-0.2, -0.15) is 0 Å². The number of halogens is 4. The quantitative estimate of drug-likeness (QED) is 0.663. The molecule has 1 atom stereocenters. The topological polar surface area (TPSA) is 12.0 Å². The maximum absolute atomic E-state index is 13.2. The minimum atomic E-state index is -0.225. The molecule has 0 aliphatic carbocycles. The van der Waals surface area contributed by atoms with Crippen molar-refractivity contribution in [3.05, 3.63) is 67.0 Å². The molecule has 0 amide bonds. The monoisotopic (exact) mass is 423 g/mol. The van der Waals surface area contributed by atoms with Gasteiger partial charge in [0.25, 0.3) is 0 Å². The summed E-state index contributed by atoms with van der Waals surface area (Å²) in [5.74, 6) is -0.225. The van der Waals surface area contributed by atoms with Crippen LogP contribution in [-0.2, 0) is 6.42 Å². The second kappa shape index (κ2) is 7.07. The van der Waals surface area contributed by atoms with E-state index in [-0.39, 0.29) is 11.9 Å². The van der Waals surface area contributed by atoms with Crippen molar-refractivity contribution in [2.75, 3.05) is 7.05 Å². The Bertz CT molecular complexity index is 619. The zero-order chi connectivity index (χ0) is 14.7. The first kappa shape index (κ1) is 16.0. The molecular formula is C15H13Cl2FIN. The highest BCUT2D eigenvalue weighted by Gasteiger charge is 2.15. The van der Waals surface area contributed by atoms with Crippen molar-refractivity contribution in [3.8, 4) is 0 Å². The smallest absolute Gasteiger partial charge is 0.124 e. The number of nitrogens with one attached hydrogen (secondary N) is 1. The number of benzene rings is 2. The van der Waals surface area contributed by atoms with E-state index in [4.69, 9.17) is 23.2 Å². The molecule has 0 spiro atoms. The summed E-state index contributed by atoms with van der Waals surface area (Å²) in [5, 5.41) is 4.52. The lowest BCUT2D eigenvalue weighted by atomic mass is 9.99. The molecule has 2 rings (SSSR count). The molecular weight excluding hydrogens is 411 g/mol. The summed E-state index contributed by atoms with van der Waals surface area (Å²) in [5.41, 5.74) is 2.07. The molecule has 0 aliphatic heterocycles. The minimum absolute atomic E-state index is 0.0705. The van der Waals surface area contributed by atoms with Crippen LogP contribution in [0.5, 0.6) is 0 Å². The molecule has 2 aromatic rings. The molecule has 20 heavy (non-hydrogen) atoms. The van der Waals surface area contributed by atoms with Crippen molar-refractivity contribution in [1.29, 1.82) is 0 Å². The zero-order valence-corrected chi connectivity index (χ0v) is 14.4. The maximum atomic E-state index is 13.2. The van der Waals surface area contributed by atoms with Crippen molar-refractivity contribution in [2.45, 2.75) is 12.5 Å². The third kappa shape index (κ3) is 3.85. The summed E-state index contributed by atoms with van der Waals surface area (Å²) < 4.78 is 14.1. The Balaban J connectivity index is 2.28. The lowest BCUT2D eigenvalue weighted by Crippen LogP contribution is -2.20. The lowest BCUT2D eigenvalue weighted by Gasteiger charge is -2.19. The van der Waals surface area contributed by atoms with Crippen LogP contribution in [0, 0.1) is 9.39 Å². The first-order chi connectivity index (χ1) is 9.51. The first-order valence-electron chi connectivity index (χ1n) is 6.07. The van der Waals surface area contributed by atoms with Gasteiger partial charge in [-0.15, -0.1) is 0 Å². The predicted octanol–water partition coefficient (Wildman–Crippen LogP) is 5.24. The van der Waals surface area contributed by atoms with Gasteiger partial charge in [-0.25, -0.2) is 4.39 Å². The Kier molecular flexibility index (Phi) is 5.66. The number of rotatable bonds is 4. The zero-order valence-electron chi connectivity index (χ0n) is 10.8. The summed E-state index contributed by atoms with van der Waals surface area (Å²) in [6.07, 6.45) is 0.716. The van der Waals surface area contributed by atoms with Gasteiger partial charge in [0.15, 0.2) is 0 Å². The summed E-state index contributed by atoms with van der Waals surface area (Å²) >= 11 is 14.3. The van der Waals surface area contributed by atoms with Crippen LogP contribution in [0.1, 0.15) is 17.2 Å². The second-order valence-corrected chi connectivity index (χ2v) is 6.45. The third-order valence-electron chi connectivity index (χ3n) is 3.13. The largest absolute Gasteiger partial charge is 0.313 e. The Morgan fingerprint density at radius 2 is 1.95 bits per heavy atom. The fraction of sp³-hybridized carbons (Fsp3) is 0.200. The van der Waals surface area contributed by atoms with Gasteiger partial charge in [0.05, 0.1) is 0 Å². The fourth-order valence-electron chi connectivity index (χ4n) is 2.06. The van der Waals surface area contributed by atoms with E-state index in [2.05, 4.69) is 27.9 Å². The average molecular weight is 424 g/mol. The van der Waals surface area contributed by atoms with E-state index in [1.807, 2.05) is 25.2 Å². The molecule has 1 N–H and O–H groups in total. The van der Waals surface area contributed by atoms with Gasteiger partial charge in [0.2, 0.25) is 0 Å². The summed E-state index contributed by atoms with van der Waals surface area (Å²) in [6.45, 7) is 0. The van der Waals surface area contributed by atoms with Gasteiger partial charge in [-0.1, -0.05) is 35.3 Å². The summed E-state index contributed by atoms with van der Waals surface area (Å²) in [7, 11) is 1.88. The molecule has 0 saturated carbocycles. The van der Waals surface area contributed by atoms with Gasteiger partial charge >= 0.3 is 0 Å². The minimum Gasteiger partial charge on any atom is -0.313 e. The second-order valence-electron chi connectivity index (χ2n) is 4.45. The molecule has 106 valence electrons. The number of likely N-dealkylation sites (N-methyl/N-ethyl adjacent to an activating group) is 1. The molecule has 0 aliphatic rings. The standard InChI is InChI=1S/C15H13Cl2FIN/c1-20-15(12-5-4-11(18)8-14(12)19)6-9-2-3-10(16)7-13(9)17/h2-5,7-8,15,20H,6H2,1H3. The Labute approximate surface area is 141 Å². The van der Waals surface area contributed by atoms with Crippen molar-refractivity contribution in [1.82, 2.24) is 5.32 Å². The highest BCUT2D eigenvalue weighted by atomic mass is 127. The van der Waals surface area contributed by atoms with Gasteiger partial charge in [0.1, 0.15) is 5.82 Å². The third-order valence-corrected chi connectivity index (χ3v) is 4.65. The molecule has 0 radical (unpaired) electrons. The molecule has 0 aromatic heterocycles. The van der Waals surface area contributed by atoms with E-state index in [9.17, 15) is 4.39 Å². The van der Waals surface area contributed by atoms with Crippen LogP contribution in [0.3, 0.4) is 0 Å². The maximum Gasteiger partial charge on any atom is 0.124 e. The highest BCUT2D eigenvalue weighted by Crippen LogP contribution is 2.28. The molecule has 5 heteroatoms. The van der Waals surface area contributed by atoms with E-state index < -0.39 is 0 Å². The van der Waals surface area contributed by atoms with Crippen LogP contribution < -0.4 is 5.32 Å². The van der Waals surface area contributed by atoms with E-state index in [0.29, 0.717) is 16.5 Å². The molecule has 0 saturated heterocycles. The predicted molar refractivity (Wildman–Crippen MR) is 91.1 cm³/mol. The number of hydrogen-bond acceptors (Lipinski definition) is 1.